The van der Waals surface area contributed by atoms with Crippen molar-refractivity contribution in [3.63, 3.8) is 0 Å². The largest absolute Gasteiger partial charge is 0.496 e. The number of aryl methyl sites for hydroxylation is 1. The van der Waals surface area contributed by atoms with Crippen molar-refractivity contribution in [2.75, 3.05) is 13.7 Å². The summed E-state index contributed by atoms with van der Waals surface area (Å²) in [5.74, 6) is 0.964. The van der Waals surface area contributed by atoms with E-state index < -0.39 is 0 Å². The van der Waals surface area contributed by atoms with Crippen LogP contribution in [0.2, 0.25) is 0 Å². The highest BCUT2D eigenvalue weighted by molar-refractivity contribution is 5.41. The molecule has 1 saturated heterocycles. The smallest absolute Gasteiger partial charge is 0.128 e. The molecule has 2 rings (SSSR count). The molecule has 2 unspecified atom stereocenters. The summed E-state index contributed by atoms with van der Waals surface area (Å²) in [5.41, 5.74) is 9.38. The van der Waals surface area contributed by atoms with Crippen molar-refractivity contribution < 1.29 is 4.74 Å². The molecule has 0 spiro atoms. The minimum atomic E-state index is 0.355. The summed E-state index contributed by atoms with van der Waals surface area (Å²) in [6, 6.07) is 0.880. The maximum atomic E-state index is 6.01. The molecule has 106 valence electrons. The normalized spacial score (nSPS) is 24.5. The number of rotatable bonds is 3. The van der Waals surface area contributed by atoms with E-state index in [1.54, 1.807) is 7.11 Å². The third-order valence-electron chi connectivity index (χ3n) is 4.16. The molecule has 1 aliphatic heterocycles. The predicted octanol–water partition coefficient (Wildman–Crippen LogP) is 2.02. The van der Waals surface area contributed by atoms with Gasteiger partial charge in [-0.1, -0.05) is 0 Å². The van der Waals surface area contributed by atoms with Crippen LogP contribution in [0.3, 0.4) is 0 Å². The minimum absolute atomic E-state index is 0.355. The first-order valence-corrected chi connectivity index (χ1v) is 7.01. The Labute approximate surface area is 116 Å². The van der Waals surface area contributed by atoms with Gasteiger partial charge in [-0.25, -0.2) is 0 Å². The SMILES string of the molecule is COc1c(C)cnc(CN2CCC(N)CC2C)c1C. The van der Waals surface area contributed by atoms with Crippen LogP contribution >= 0.6 is 0 Å². The van der Waals surface area contributed by atoms with E-state index in [1.807, 2.05) is 13.1 Å². The number of nitrogens with two attached hydrogens (primary N) is 1. The number of hydrogen-bond acceptors (Lipinski definition) is 4. The highest BCUT2D eigenvalue weighted by Gasteiger charge is 2.24. The Kier molecular flexibility index (Phi) is 4.42. The standard InChI is InChI=1S/C15H25N3O/c1-10-8-17-14(12(3)15(10)19-4)9-18-6-5-13(16)7-11(18)2/h8,11,13H,5-7,9,16H2,1-4H3. The van der Waals surface area contributed by atoms with Crippen LogP contribution in [0.4, 0.5) is 0 Å². The van der Waals surface area contributed by atoms with Gasteiger partial charge in [-0.15, -0.1) is 0 Å². The maximum Gasteiger partial charge on any atom is 0.128 e. The zero-order valence-corrected chi connectivity index (χ0v) is 12.4. The Morgan fingerprint density at radius 2 is 2.21 bits per heavy atom. The fourth-order valence-electron chi connectivity index (χ4n) is 2.91. The third-order valence-corrected chi connectivity index (χ3v) is 4.16. The number of methoxy groups -OCH3 is 1. The number of nitrogens with zero attached hydrogens (tertiary/aromatic N) is 2. The zero-order valence-electron chi connectivity index (χ0n) is 12.4. The summed E-state index contributed by atoms with van der Waals surface area (Å²) in [6.45, 7) is 8.31. The summed E-state index contributed by atoms with van der Waals surface area (Å²) < 4.78 is 5.47. The second-order valence-corrected chi connectivity index (χ2v) is 5.65. The number of piperidine rings is 1. The van der Waals surface area contributed by atoms with Crippen molar-refractivity contribution in [2.24, 2.45) is 5.73 Å². The maximum absolute atomic E-state index is 6.01. The molecule has 4 nitrogen and oxygen atoms in total. The van der Waals surface area contributed by atoms with Gasteiger partial charge in [0.25, 0.3) is 0 Å². The summed E-state index contributed by atoms with van der Waals surface area (Å²) >= 11 is 0. The molecule has 1 fully saturated rings. The first kappa shape index (κ1) is 14.3. The Morgan fingerprint density at radius 3 is 2.84 bits per heavy atom. The first-order chi connectivity index (χ1) is 9.02. The van der Waals surface area contributed by atoms with Gasteiger partial charge in [-0.05, 0) is 33.6 Å². The number of pyridine rings is 1. The fourth-order valence-corrected chi connectivity index (χ4v) is 2.91. The van der Waals surface area contributed by atoms with E-state index in [-0.39, 0.29) is 0 Å². The van der Waals surface area contributed by atoms with Gasteiger partial charge in [0, 0.05) is 42.5 Å². The van der Waals surface area contributed by atoms with Crippen LogP contribution in [0, 0.1) is 13.8 Å². The summed E-state index contributed by atoms with van der Waals surface area (Å²) in [7, 11) is 1.72. The zero-order chi connectivity index (χ0) is 14.0. The fraction of sp³-hybridized carbons (Fsp3) is 0.667. The van der Waals surface area contributed by atoms with E-state index in [0.717, 1.165) is 48.5 Å². The van der Waals surface area contributed by atoms with Crippen LogP contribution in [-0.2, 0) is 6.54 Å². The second kappa shape index (κ2) is 5.88. The van der Waals surface area contributed by atoms with Crippen molar-refractivity contribution in [2.45, 2.75) is 52.2 Å². The molecular formula is C15H25N3O. The Bertz CT molecular complexity index is 447. The number of aromatic nitrogens is 1. The molecule has 4 heteroatoms. The van der Waals surface area contributed by atoms with E-state index in [1.165, 1.54) is 0 Å². The minimum Gasteiger partial charge on any atom is -0.496 e. The lowest BCUT2D eigenvalue weighted by molar-refractivity contribution is 0.138. The molecular weight excluding hydrogens is 238 g/mol. The lowest BCUT2D eigenvalue weighted by Crippen LogP contribution is -2.45. The summed E-state index contributed by atoms with van der Waals surface area (Å²) in [6.07, 6.45) is 4.05. The van der Waals surface area contributed by atoms with E-state index in [0.29, 0.717) is 12.1 Å². The Balaban J connectivity index is 2.15. The van der Waals surface area contributed by atoms with Crippen LogP contribution in [0.5, 0.6) is 5.75 Å². The second-order valence-electron chi connectivity index (χ2n) is 5.65. The molecule has 2 atom stereocenters. The van der Waals surface area contributed by atoms with E-state index >= 15 is 0 Å². The highest BCUT2D eigenvalue weighted by Crippen LogP contribution is 2.26. The molecule has 0 radical (unpaired) electrons. The van der Waals surface area contributed by atoms with Gasteiger partial charge in [0.05, 0.1) is 12.8 Å². The topological polar surface area (TPSA) is 51.4 Å². The van der Waals surface area contributed by atoms with Crippen molar-refractivity contribution in [1.82, 2.24) is 9.88 Å². The Morgan fingerprint density at radius 1 is 1.47 bits per heavy atom. The van der Waals surface area contributed by atoms with Gasteiger partial charge in [0.2, 0.25) is 0 Å². The van der Waals surface area contributed by atoms with Crippen molar-refractivity contribution in [3.8, 4) is 5.75 Å². The van der Waals surface area contributed by atoms with Gasteiger partial charge in [0.1, 0.15) is 5.75 Å². The van der Waals surface area contributed by atoms with Gasteiger partial charge in [-0.3, -0.25) is 9.88 Å². The molecule has 0 aliphatic carbocycles. The first-order valence-electron chi connectivity index (χ1n) is 7.01. The molecule has 2 N–H and O–H groups in total. The van der Waals surface area contributed by atoms with E-state index in [9.17, 15) is 0 Å². The van der Waals surface area contributed by atoms with E-state index in [2.05, 4.69) is 23.7 Å². The Hall–Kier alpha value is -1.13. The van der Waals surface area contributed by atoms with Crippen LogP contribution < -0.4 is 10.5 Å². The van der Waals surface area contributed by atoms with Crippen molar-refractivity contribution in [3.05, 3.63) is 23.0 Å². The lowest BCUT2D eigenvalue weighted by atomic mass is 9.98. The molecule has 0 aromatic carbocycles. The number of ether oxygens (including phenoxy) is 1. The molecule has 19 heavy (non-hydrogen) atoms. The predicted molar refractivity (Wildman–Crippen MR) is 77.3 cm³/mol. The van der Waals surface area contributed by atoms with Gasteiger partial charge >= 0.3 is 0 Å². The van der Waals surface area contributed by atoms with Crippen LogP contribution in [0.15, 0.2) is 6.20 Å². The summed E-state index contributed by atoms with van der Waals surface area (Å²) in [4.78, 5) is 7.05. The molecule has 1 aromatic heterocycles. The molecule has 1 aromatic rings. The van der Waals surface area contributed by atoms with Crippen molar-refractivity contribution in [1.29, 1.82) is 0 Å². The van der Waals surface area contributed by atoms with Gasteiger partial charge in [0.15, 0.2) is 0 Å². The molecule has 1 aliphatic rings. The molecule has 0 saturated carbocycles. The average molecular weight is 263 g/mol. The number of hydrogen-bond donors (Lipinski definition) is 1. The average Bonchev–Trinajstić information content (AvgIpc) is 2.36. The third kappa shape index (κ3) is 3.07. The highest BCUT2D eigenvalue weighted by atomic mass is 16.5. The molecule has 0 bridgehead atoms. The van der Waals surface area contributed by atoms with Crippen LogP contribution in [0.1, 0.15) is 36.6 Å². The monoisotopic (exact) mass is 263 g/mol. The quantitative estimate of drug-likeness (QED) is 0.906. The molecule has 2 heterocycles. The van der Waals surface area contributed by atoms with Crippen molar-refractivity contribution >= 4 is 0 Å². The van der Waals surface area contributed by atoms with Gasteiger partial charge < -0.3 is 10.5 Å². The van der Waals surface area contributed by atoms with Crippen LogP contribution in [-0.4, -0.2) is 35.6 Å². The van der Waals surface area contributed by atoms with Gasteiger partial charge in [-0.2, -0.15) is 0 Å². The number of likely N-dealkylation sites (tertiary alicyclic amines) is 1. The van der Waals surface area contributed by atoms with E-state index in [4.69, 9.17) is 10.5 Å². The summed E-state index contributed by atoms with van der Waals surface area (Å²) in [5, 5.41) is 0. The van der Waals surface area contributed by atoms with Crippen LogP contribution in [0.25, 0.3) is 0 Å². The lowest BCUT2D eigenvalue weighted by Gasteiger charge is -2.36. The molecule has 0 amide bonds.